The topological polar surface area (TPSA) is 151 Å². The zero-order chi connectivity index (χ0) is 22.0. The van der Waals surface area contributed by atoms with Crippen molar-refractivity contribution in [2.75, 3.05) is 13.6 Å². The highest BCUT2D eigenvalue weighted by atomic mass is 16.5. The molecule has 0 fully saturated rings. The average molecular weight is 414 g/mol. The van der Waals surface area contributed by atoms with Crippen LogP contribution >= 0.6 is 0 Å². The summed E-state index contributed by atoms with van der Waals surface area (Å²) in [6.45, 7) is 5.85. The lowest BCUT2D eigenvalue weighted by Crippen LogP contribution is -2.23. The zero-order valence-electron chi connectivity index (χ0n) is 16.9. The van der Waals surface area contributed by atoms with Crippen LogP contribution in [0.15, 0.2) is 27.2 Å². The third-order valence-electron chi connectivity index (χ3n) is 4.47. The van der Waals surface area contributed by atoms with E-state index in [0.29, 0.717) is 12.1 Å². The molecule has 0 saturated carbocycles. The first kappa shape index (κ1) is 20.9. The summed E-state index contributed by atoms with van der Waals surface area (Å²) in [6.07, 6.45) is 0. The van der Waals surface area contributed by atoms with Crippen LogP contribution < -0.4 is 10.6 Å². The molecule has 2 amide bonds. The van der Waals surface area contributed by atoms with E-state index in [-0.39, 0.29) is 51.5 Å². The van der Waals surface area contributed by atoms with E-state index >= 15 is 0 Å². The van der Waals surface area contributed by atoms with E-state index in [1.54, 1.807) is 13.0 Å². The second-order valence-corrected chi connectivity index (χ2v) is 6.83. The van der Waals surface area contributed by atoms with E-state index in [1.807, 2.05) is 13.8 Å². The van der Waals surface area contributed by atoms with Gasteiger partial charge in [0, 0.05) is 25.7 Å². The number of nitrogens with one attached hydrogen (secondary N) is 2. The number of aromatic hydroxyl groups is 2. The maximum Gasteiger partial charge on any atom is 0.274 e. The van der Waals surface area contributed by atoms with Gasteiger partial charge >= 0.3 is 0 Å². The van der Waals surface area contributed by atoms with Gasteiger partial charge in [0.2, 0.25) is 0 Å². The van der Waals surface area contributed by atoms with Gasteiger partial charge in [-0.3, -0.25) is 9.59 Å². The zero-order valence-corrected chi connectivity index (χ0v) is 16.9. The van der Waals surface area contributed by atoms with Gasteiger partial charge in [-0.25, -0.2) is 0 Å². The summed E-state index contributed by atoms with van der Waals surface area (Å²) in [7, 11) is 1.45. The molecule has 0 spiro atoms. The number of nitrogens with zero attached hydrogens (tertiary/aromatic N) is 2. The van der Waals surface area contributed by atoms with Crippen LogP contribution in [0.2, 0.25) is 0 Å². The fraction of sp³-hybridized carbons (Fsp3) is 0.300. The van der Waals surface area contributed by atoms with Crippen LogP contribution in [0.25, 0.3) is 22.6 Å². The molecule has 0 radical (unpaired) electrons. The Balaban J connectivity index is 2.24. The molecule has 30 heavy (non-hydrogen) atoms. The molecule has 10 nitrogen and oxygen atoms in total. The predicted molar refractivity (Wildman–Crippen MR) is 106 cm³/mol. The smallest absolute Gasteiger partial charge is 0.274 e. The summed E-state index contributed by atoms with van der Waals surface area (Å²) in [5.74, 6) is -1.30. The van der Waals surface area contributed by atoms with Gasteiger partial charge in [0.25, 0.3) is 11.8 Å². The summed E-state index contributed by atoms with van der Waals surface area (Å²) in [6, 6.07) is 4.09. The summed E-state index contributed by atoms with van der Waals surface area (Å²) < 4.78 is 10.7. The molecule has 3 rings (SSSR count). The Morgan fingerprint density at radius 2 is 1.80 bits per heavy atom. The van der Waals surface area contributed by atoms with Crippen molar-refractivity contribution in [3.05, 3.63) is 35.2 Å². The summed E-state index contributed by atoms with van der Waals surface area (Å²) in [5.41, 5.74) is 0.796. The molecule has 3 aromatic rings. The molecule has 0 bridgehead atoms. The molecule has 0 aliphatic rings. The number of rotatable bonds is 6. The van der Waals surface area contributed by atoms with Crippen LogP contribution in [0.4, 0.5) is 0 Å². The second-order valence-electron chi connectivity index (χ2n) is 6.83. The number of amides is 2. The molecule has 1 aromatic carbocycles. The van der Waals surface area contributed by atoms with Crippen molar-refractivity contribution < 1.29 is 28.8 Å². The van der Waals surface area contributed by atoms with E-state index in [4.69, 9.17) is 9.05 Å². The number of aromatic nitrogens is 2. The Bertz CT molecular complexity index is 1100. The van der Waals surface area contributed by atoms with Gasteiger partial charge in [-0.15, -0.1) is 0 Å². The maximum absolute atomic E-state index is 12.5. The number of hydrogen-bond donors (Lipinski definition) is 4. The summed E-state index contributed by atoms with van der Waals surface area (Å²) >= 11 is 0. The van der Waals surface area contributed by atoms with Crippen LogP contribution in [-0.4, -0.2) is 45.9 Å². The molecule has 10 heteroatoms. The molecule has 0 aliphatic heterocycles. The Labute approximate surface area is 171 Å². The number of benzene rings is 1. The van der Waals surface area contributed by atoms with Crippen molar-refractivity contribution in [2.24, 2.45) is 0 Å². The number of hydrogen-bond acceptors (Lipinski definition) is 8. The van der Waals surface area contributed by atoms with E-state index in [1.165, 1.54) is 19.2 Å². The van der Waals surface area contributed by atoms with Crippen molar-refractivity contribution in [3.63, 3.8) is 0 Å². The fourth-order valence-electron chi connectivity index (χ4n) is 2.97. The van der Waals surface area contributed by atoms with Gasteiger partial charge in [-0.2, -0.15) is 0 Å². The number of phenolic OH excluding ortho intramolecular Hbond substituents is 2. The molecule has 2 heterocycles. The molecule has 0 aliphatic carbocycles. The first-order valence-electron chi connectivity index (χ1n) is 9.31. The quantitative estimate of drug-likeness (QED) is 0.481. The van der Waals surface area contributed by atoms with Crippen LogP contribution in [0.5, 0.6) is 11.5 Å². The van der Waals surface area contributed by atoms with E-state index < -0.39 is 11.8 Å². The number of carbonyl (C=O) groups is 2. The minimum atomic E-state index is -0.525. The Morgan fingerprint density at radius 3 is 2.43 bits per heavy atom. The van der Waals surface area contributed by atoms with Crippen molar-refractivity contribution >= 4 is 11.8 Å². The number of phenols is 2. The van der Waals surface area contributed by atoms with Gasteiger partial charge in [0.05, 0.1) is 5.56 Å². The van der Waals surface area contributed by atoms with Crippen LogP contribution in [0.3, 0.4) is 0 Å². The van der Waals surface area contributed by atoms with Gasteiger partial charge < -0.3 is 29.9 Å². The largest absolute Gasteiger partial charge is 0.508 e. The van der Waals surface area contributed by atoms with Gasteiger partial charge in [0.15, 0.2) is 22.9 Å². The summed E-state index contributed by atoms with van der Waals surface area (Å²) in [4.78, 5) is 24.4. The van der Waals surface area contributed by atoms with Gasteiger partial charge in [0.1, 0.15) is 17.1 Å². The third-order valence-corrected chi connectivity index (χ3v) is 4.47. The fourth-order valence-corrected chi connectivity index (χ4v) is 2.97. The van der Waals surface area contributed by atoms with Crippen molar-refractivity contribution in [2.45, 2.75) is 26.7 Å². The molecule has 158 valence electrons. The normalized spacial score (nSPS) is 11.0. The minimum Gasteiger partial charge on any atom is -0.508 e. The average Bonchev–Trinajstić information content (AvgIpc) is 3.34. The van der Waals surface area contributed by atoms with E-state index in [0.717, 1.165) is 0 Å². The number of carbonyl (C=O) groups excluding carboxylic acids is 2. The lowest BCUT2D eigenvalue weighted by Gasteiger charge is -2.11. The van der Waals surface area contributed by atoms with E-state index in [9.17, 15) is 19.8 Å². The monoisotopic (exact) mass is 414 g/mol. The Hall–Kier alpha value is -3.82. The highest BCUT2D eigenvalue weighted by Gasteiger charge is 2.30. The highest BCUT2D eigenvalue weighted by Crippen LogP contribution is 2.43. The predicted octanol–water partition coefficient (Wildman–Crippen LogP) is 2.64. The standard InChI is InChI=1S/C20H22N4O6/c1-5-22-20(28)17-16(15-7-12(23-29-15)19(27)21-4)18(30-24-17)11-6-10(9(2)3)13(25)8-14(11)26/h6-9,25-26H,5H2,1-4H3,(H,21,27)(H,22,28). The van der Waals surface area contributed by atoms with Crippen LogP contribution in [0, 0.1) is 0 Å². The molecule has 0 unspecified atom stereocenters. The first-order valence-corrected chi connectivity index (χ1v) is 9.31. The molecule has 2 aromatic heterocycles. The molecular weight excluding hydrogens is 392 g/mol. The van der Waals surface area contributed by atoms with Crippen molar-refractivity contribution in [1.29, 1.82) is 0 Å². The maximum atomic E-state index is 12.5. The minimum absolute atomic E-state index is 0.000651. The molecule has 0 atom stereocenters. The lowest BCUT2D eigenvalue weighted by molar-refractivity contribution is 0.0941. The molecular formula is C20H22N4O6. The van der Waals surface area contributed by atoms with Crippen molar-refractivity contribution in [3.8, 4) is 34.1 Å². The van der Waals surface area contributed by atoms with Gasteiger partial charge in [-0.05, 0) is 24.5 Å². The second kappa shape index (κ2) is 8.27. The summed E-state index contributed by atoms with van der Waals surface area (Å²) in [5, 5.41) is 33.2. The highest BCUT2D eigenvalue weighted by molar-refractivity contribution is 6.02. The van der Waals surface area contributed by atoms with Gasteiger partial charge in [-0.1, -0.05) is 24.2 Å². The molecule has 4 N–H and O–H groups in total. The first-order chi connectivity index (χ1) is 14.3. The molecule has 0 saturated heterocycles. The van der Waals surface area contributed by atoms with E-state index in [2.05, 4.69) is 20.9 Å². The van der Waals surface area contributed by atoms with Crippen molar-refractivity contribution in [1.82, 2.24) is 20.9 Å². The third kappa shape index (κ3) is 3.71. The van der Waals surface area contributed by atoms with Crippen LogP contribution in [-0.2, 0) is 0 Å². The van der Waals surface area contributed by atoms with Crippen LogP contribution in [0.1, 0.15) is 53.2 Å². The SMILES string of the molecule is CCNC(=O)c1noc(-c2cc(C(C)C)c(O)cc2O)c1-c1cc(C(=O)NC)no1. The lowest BCUT2D eigenvalue weighted by atomic mass is 9.95. The Kier molecular flexibility index (Phi) is 5.77. The Morgan fingerprint density at radius 1 is 1.07 bits per heavy atom.